The summed E-state index contributed by atoms with van der Waals surface area (Å²) < 4.78 is 13.0. The lowest BCUT2D eigenvalue weighted by molar-refractivity contribution is -0.126. The molecule has 2 atom stereocenters. The standard InChI is InChI=1S/C21H18FN3O2S/c22-14-8-6-13(7-9-14)11-19-21(27)25-18(12-28-19)20(26)24-17-5-1-4-16-15(17)3-2-10-23-16/h1-10,18-19H,11-12H2,(H,24,26)(H,25,27). The number of nitrogens with zero attached hydrogens (tertiary/aromatic N) is 1. The summed E-state index contributed by atoms with van der Waals surface area (Å²) in [6, 6.07) is 14.8. The highest BCUT2D eigenvalue weighted by Gasteiger charge is 2.32. The normalized spacial score (nSPS) is 19.2. The highest BCUT2D eigenvalue weighted by Crippen LogP contribution is 2.25. The SMILES string of the molecule is O=C(Nc1cccc2ncccc12)C1CSC(Cc2ccc(F)cc2)C(=O)N1. The van der Waals surface area contributed by atoms with Crippen LogP contribution in [0.1, 0.15) is 5.56 Å². The second-order valence-corrected chi connectivity index (χ2v) is 7.81. The molecule has 4 rings (SSSR count). The monoisotopic (exact) mass is 395 g/mol. The molecule has 2 heterocycles. The van der Waals surface area contributed by atoms with Gasteiger partial charge in [-0.25, -0.2) is 4.39 Å². The molecule has 1 saturated heterocycles. The summed E-state index contributed by atoms with van der Waals surface area (Å²) >= 11 is 1.44. The van der Waals surface area contributed by atoms with Crippen LogP contribution < -0.4 is 10.6 Å². The predicted molar refractivity (Wildman–Crippen MR) is 109 cm³/mol. The van der Waals surface area contributed by atoms with Crippen LogP contribution in [0, 0.1) is 5.82 Å². The molecule has 2 N–H and O–H groups in total. The highest BCUT2D eigenvalue weighted by atomic mass is 32.2. The van der Waals surface area contributed by atoms with Crippen molar-refractivity contribution in [3.05, 3.63) is 72.2 Å². The number of benzene rings is 2. The van der Waals surface area contributed by atoms with E-state index in [0.717, 1.165) is 16.5 Å². The molecule has 2 amide bonds. The Labute approximate surface area is 165 Å². The number of rotatable bonds is 4. The summed E-state index contributed by atoms with van der Waals surface area (Å²) in [7, 11) is 0. The molecule has 2 aromatic carbocycles. The molecule has 0 aliphatic carbocycles. The fourth-order valence-electron chi connectivity index (χ4n) is 3.15. The summed E-state index contributed by atoms with van der Waals surface area (Å²) in [6.45, 7) is 0. The van der Waals surface area contributed by atoms with Crippen LogP contribution in [0.4, 0.5) is 10.1 Å². The van der Waals surface area contributed by atoms with Gasteiger partial charge < -0.3 is 10.6 Å². The molecule has 3 aromatic rings. The third-order valence-corrected chi connectivity index (χ3v) is 5.94. The van der Waals surface area contributed by atoms with Gasteiger partial charge in [0.05, 0.1) is 16.5 Å². The van der Waals surface area contributed by atoms with Gasteiger partial charge in [0.25, 0.3) is 0 Å². The van der Waals surface area contributed by atoms with Crippen molar-refractivity contribution in [3.8, 4) is 0 Å². The summed E-state index contributed by atoms with van der Waals surface area (Å²) in [4.78, 5) is 29.4. The summed E-state index contributed by atoms with van der Waals surface area (Å²) in [5.74, 6) is -0.255. The first-order chi connectivity index (χ1) is 13.6. The first-order valence-electron chi connectivity index (χ1n) is 8.91. The van der Waals surface area contributed by atoms with E-state index in [9.17, 15) is 14.0 Å². The number of pyridine rings is 1. The van der Waals surface area contributed by atoms with Crippen LogP contribution in [0.3, 0.4) is 0 Å². The van der Waals surface area contributed by atoms with Gasteiger partial charge >= 0.3 is 0 Å². The number of fused-ring (bicyclic) bond motifs is 1. The molecule has 0 spiro atoms. The number of hydrogen-bond acceptors (Lipinski definition) is 4. The van der Waals surface area contributed by atoms with Gasteiger partial charge in [0.2, 0.25) is 11.8 Å². The van der Waals surface area contributed by atoms with Gasteiger partial charge in [-0.2, -0.15) is 0 Å². The number of halogens is 1. The third-order valence-electron chi connectivity index (χ3n) is 4.63. The van der Waals surface area contributed by atoms with Crippen molar-refractivity contribution < 1.29 is 14.0 Å². The Hall–Kier alpha value is -2.93. The van der Waals surface area contributed by atoms with E-state index in [1.807, 2.05) is 30.3 Å². The largest absolute Gasteiger partial charge is 0.343 e. The topological polar surface area (TPSA) is 71.1 Å². The number of aromatic nitrogens is 1. The van der Waals surface area contributed by atoms with Gasteiger partial charge in [-0.3, -0.25) is 14.6 Å². The van der Waals surface area contributed by atoms with Crippen molar-refractivity contribution in [2.45, 2.75) is 17.7 Å². The van der Waals surface area contributed by atoms with Crippen LogP contribution in [-0.2, 0) is 16.0 Å². The Kier molecular flexibility index (Phi) is 5.25. The van der Waals surface area contributed by atoms with Crippen molar-refractivity contribution in [1.29, 1.82) is 0 Å². The number of carbonyl (C=O) groups excluding carboxylic acids is 2. The highest BCUT2D eigenvalue weighted by molar-refractivity contribution is 8.00. The summed E-state index contributed by atoms with van der Waals surface area (Å²) in [6.07, 6.45) is 2.20. The van der Waals surface area contributed by atoms with Gasteiger partial charge in [0, 0.05) is 17.3 Å². The average Bonchev–Trinajstić information content (AvgIpc) is 2.71. The fraction of sp³-hybridized carbons (Fsp3) is 0.190. The fourth-order valence-corrected chi connectivity index (χ4v) is 4.34. The van der Waals surface area contributed by atoms with E-state index < -0.39 is 6.04 Å². The minimum atomic E-state index is -0.603. The van der Waals surface area contributed by atoms with Crippen LogP contribution in [-0.4, -0.2) is 33.8 Å². The predicted octanol–water partition coefficient (Wildman–Crippen LogP) is 3.16. The van der Waals surface area contributed by atoms with Gasteiger partial charge in [-0.05, 0) is 48.4 Å². The molecule has 1 aliphatic rings. The Morgan fingerprint density at radius 2 is 2.00 bits per heavy atom. The van der Waals surface area contributed by atoms with Crippen molar-refractivity contribution in [2.24, 2.45) is 0 Å². The van der Waals surface area contributed by atoms with Crippen LogP contribution in [0.2, 0.25) is 0 Å². The van der Waals surface area contributed by atoms with E-state index in [2.05, 4.69) is 15.6 Å². The average molecular weight is 395 g/mol. The van der Waals surface area contributed by atoms with Crippen molar-refractivity contribution >= 4 is 40.2 Å². The zero-order valence-electron chi connectivity index (χ0n) is 14.9. The Bertz CT molecular complexity index is 1020. The van der Waals surface area contributed by atoms with E-state index in [1.165, 1.54) is 23.9 Å². The smallest absolute Gasteiger partial charge is 0.247 e. The molecule has 0 bridgehead atoms. The first kappa shape index (κ1) is 18.4. The zero-order chi connectivity index (χ0) is 19.5. The van der Waals surface area contributed by atoms with Gasteiger partial charge in [0.15, 0.2) is 0 Å². The first-order valence-corrected chi connectivity index (χ1v) is 9.96. The Morgan fingerprint density at radius 3 is 2.79 bits per heavy atom. The van der Waals surface area contributed by atoms with Crippen molar-refractivity contribution in [3.63, 3.8) is 0 Å². The lowest BCUT2D eigenvalue weighted by Gasteiger charge is -2.28. The summed E-state index contributed by atoms with van der Waals surface area (Å²) in [5, 5.41) is 6.26. The van der Waals surface area contributed by atoms with Gasteiger partial charge in [-0.1, -0.05) is 18.2 Å². The molecular formula is C21H18FN3O2S. The lowest BCUT2D eigenvalue weighted by atomic mass is 10.1. The van der Waals surface area contributed by atoms with Crippen LogP contribution in [0.25, 0.3) is 10.9 Å². The molecular weight excluding hydrogens is 377 g/mol. The van der Waals surface area contributed by atoms with E-state index in [4.69, 9.17) is 0 Å². The minimum absolute atomic E-state index is 0.180. The molecule has 142 valence electrons. The summed E-state index contributed by atoms with van der Waals surface area (Å²) in [5.41, 5.74) is 2.35. The maximum absolute atomic E-state index is 13.0. The third kappa shape index (κ3) is 3.99. The number of anilines is 1. The molecule has 1 fully saturated rings. The van der Waals surface area contributed by atoms with Crippen LogP contribution in [0.15, 0.2) is 60.8 Å². The number of thioether (sulfide) groups is 1. The van der Waals surface area contributed by atoms with Crippen LogP contribution >= 0.6 is 11.8 Å². The molecule has 5 nitrogen and oxygen atoms in total. The number of nitrogens with one attached hydrogen (secondary N) is 2. The minimum Gasteiger partial charge on any atom is -0.343 e. The molecule has 0 saturated carbocycles. The van der Waals surface area contributed by atoms with E-state index in [-0.39, 0.29) is 22.9 Å². The molecule has 0 radical (unpaired) electrons. The molecule has 1 aliphatic heterocycles. The Morgan fingerprint density at radius 1 is 1.18 bits per heavy atom. The molecule has 28 heavy (non-hydrogen) atoms. The van der Waals surface area contributed by atoms with Gasteiger partial charge in [0.1, 0.15) is 11.9 Å². The second-order valence-electron chi connectivity index (χ2n) is 6.58. The Balaban J connectivity index is 1.40. The van der Waals surface area contributed by atoms with Gasteiger partial charge in [-0.15, -0.1) is 11.8 Å². The molecule has 1 aromatic heterocycles. The van der Waals surface area contributed by atoms with Crippen LogP contribution in [0.5, 0.6) is 0 Å². The van der Waals surface area contributed by atoms with E-state index >= 15 is 0 Å². The van der Waals surface area contributed by atoms with E-state index in [1.54, 1.807) is 18.3 Å². The maximum atomic E-state index is 13.0. The maximum Gasteiger partial charge on any atom is 0.247 e. The van der Waals surface area contributed by atoms with Crippen molar-refractivity contribution in [1.82, 2.24) is 10.3 Å². The second kappa shape index (κ2) is 7.98. The van der Waals surface area contributed by atoms with E-state index in [0.29, 0.717) is 17.9 Å². The lowest BCUT2D eigenvalue weighted by Crippen LogP contribution is -2.52. The quantitative estimate of drug-likeness (QED) is 0.712. The molecule has 2 unspecified atom stereocenters. The zero-order valence-corrected chi connectivity index (χ0v) is 15.7. The number of hydrogen-bond donors (Lipinski definition) is 2. The molecule has 7 heteroatoms. The number of amides is 2. The number of carbonyl (C=O) groups is 2. The van der Waals surface area contributed by atoms with Crippen molar-refractivity contribution in [2.75, 3.05) is 11.1 Å².